The topological polar surface area (TPSA) is 29.5 Å². The van der Waals surface area contributed by atoms with Crippen molar-refractivity contribution >= 4 is 23.2 Å². The molecule has 0 unspecified atom stereocenters. The van der Waals surface area contributed by atoms with Crippen LogP contribution in [0.2, 0.25) is 10.0 Å². The number of halogens is 2. The molecule has 1 fully saturated rings. The highest BCUT2D eigenvalue weighted by molar-refractivity contribution is 6.42. The van der Waals surface area contributed by atoms with Crippen molar-refractivity contribution in [2.24, 2.45) is 0 Å². The first-order valence-corrected chi connectivity index (χ1v) is 6.16. The molecule has 4 heteroatoms. The van der Waals surface area contributed by atoms with Crippen LogP contribution in [0.5, 0.6) is 5.75 Å². The molecule has 0 saturated heterocycles. The fraction of sp³-hybridized carbons (Fsp3) is 0.500. The summed E-state index contributed by atoms with van der Waals surface area (Å²) in [5.41, 5.74) is -0.464. The lowest BCUT2D eigenvalue weighted by Crippen LogP contribution is -2.36. The van der Waals surface area contributed by atoms with Gasteiger partial charge in [-0.1, -0.05) is 29.3 Å². The van der Waals surface area contributed by atoms with Crippen molar-refractivity contribution in [3.05, 3.63) is 28.2 Å². The average molecular weight is 261 g/mol. The Hall–Kier alpha value is -0.440. The Morgan fingerprint density at radius 3 is 2.56 bits per heavy atom. The summed E-state index contributed by atoms with van der Waals surface area (Å²) in [5, 5.41) is 10.3. The van der Waals surface area contributed by atoms with E-state index in [1.54, 1.807) is 18.2 Å². The highest BCUT2D eigenvalue weighted by Gasteiger charge is 2.36. The van der Waals surface area contributed by atoms with Crippen LogP contribution >= 0.6 is 23.2 Å². The Kier molecular flexibility index (Phi) is 3.63. The standard InChI is InChI=1S/C12H14Cl2O2/c13-9-4-3-5-10(11(9)14)16-12(8-15)6-1-2-7-12/h3-5,15H,1-2,6-8H2. The molecule has 0 amide bonds. The summed E-state index contributed by atoms with van der Waals surface area (Å²) in [5.74, 6) is 0.560. The van der Waals surface area contributed by atoms with Crippen LogP contribution < -0.4 is 4.74 Å². The summed E-state index contributed by atoms with van der Waals surface area (Å²) >= 11 is 12.0. The maximum atomic E-state index is 9.44. The van der Waals surface area contributed by atoms with E-state index in [2.05, 4.69) is 0 Å². The number of ether oxygens (including phenoxy) is 1. The maximum Gasteiger partial charge on any atom is 0.140 e. The molecular formula is C12H14Cl2O2. The molecule has 1 aliphatic carbocycles. The zero-order valence-corrected chi connectivity index (χ0v) is 10.4. The third-order valence-corrected chi connectivity index (χ3v) is 3.85. The van der Waals surface area contributed by atoms with E-state index in [4.69, 9.17) is 27.9 Å². The minimum absolute atomic E-state index is 0.0237. The fourth-order valence-electron chi connectivity index (χ4n) is 2.11. The van der Waals surface area contributed by atoms with E-state index in [-0.39, 0.29) is 6.61 Å². The monoisotopic (exact) mass is 260 g/mol. The lowest BCUT2D eigenvalue weighted by molar-refractivity contribution is 0.0153. The Morgan fingerprint density at radius 2 is 1.94 bits per heavy atom. The lowest BCUT2D eigenvalue weighted by Gasteiger charge is -2.28. The number of aliphatic hydroxyl groups excluding tert-OH is 1. The van der Waals surface area contributed by atoms with Crippen molar-refractivity contribution in [1.29, 1.82) is 0 Å². The summed E-state index contributed by atoms with van der Waals surface area (Å²) in [6, 6.07) is 5.30. The van der Waals surface area contributed by atoms with Gasteiger partial charge in [0, 0.05) is 0 Å². The fourth-order valence-corrected chi connectivity index (χ4v) is 2.44. The van der Waals surface area contributed by atoms with Crippen molar-refractivity contribution in [1.82, 2.24) is 0 Å². The molecule has 0 aromatic heterocycles. The highest BCUT2D eigenvalue weighted by atomic mass is 35.5. The molecule has 0 atom stereocenters. The normalized spacial score (nSPS) is 18.7. The van der Waals surface area contributed by atoms with E-state index in [1.807, 2.05) is 0 Å². The summed E-state index contributed by atoms with van der Waals surface area (Å²) in [4.78, 5) is 0. The second kappa shape index (κ2) is 4.82. The second-order valence-corrected chi connectivity index (χ2v) is 4.99. The van der Waals surface area contributed by atoms with Gasteiger partial charge in [0.2, 0.25) is 0 Å². The van der Waals surface area contributed by atoms with E-state index >= 15 is 0 Å². The van der Waals surface area contributed by atoms with Gasteiger partial charge in [-0.05, 0) is 37.8 Å². The van der Waals surface area contributed by atoms with Gasteiger partial charge in [0.15, 0.2) is 0 Å². The molecule has 1 saturated carbocycles. The number of aliphatic hydroxyl groups is 1. The van der Waals surface area contributed by atoms with Crippen molar-refractivity contribution in [3.8, 4) is 5.75 Å². The molecule has 2 nitrogen and oxygen atoms in total. The number of rotatable bonds is 3. The number of hydrogen-bond acceptors (Lipinski definition) is 2. The van der Waals surface area contributed by atoms with E-state index < -0.39 is 5.60 Å². The van der Waals surface area contributed by atoms with Crippen molar-refractivity contribution in [2.45, 2.75) is 31.3 Å². The summed E-state index contributed by atoms with van der Waals surface area (Å²) in [6.45, 7) is 0.0237. The molecular weight excluding hydrogens is 247 g/mol. The lowest BCUT2D eigenvalue weighted by atomic mass is 10.0. The van der Waals surface area contributed by atoms with Gasteiger partial charge in [0.1, 0.15) is 16.4 Å². The van der Waals surface area contributed by atoms with Crippen LogP contribution in [0.4, 0.5) is 0 Å². The largest absolute Gasteiger partial charge is 0.483 e. The molecule has 2 rings (SSSR count). The predicted octanol–water partition coefficient (Wildman–Crippen LogP) is 3.68. The van der Waals surface area contributed by atoms with Gasteiger partial charge in [-0.3, -0.25) is 0 Å². The molecule has 0 aliphatic heterocycles. The third-order valence-electron chi connectivity index (χ3n) is 3.05. The molecule has 88 valence electrons. The van der Waals surface area contributed by atoms with Crippen LogP contribution in [0.1, 0.15) is 25.7 Å². The summed E-state index contributed by atoms with van der Waals surface area (Å²) in [6.07, 6.45) is 3.90. The first kappa shape index (κ1) is 12.0. The van der Waals surface area contributed by atoms with Gasteiger partial charge in [-0.25, -0.2) is 0 Å². The maximum absolute atomic E-state index is 9.44. The van der Waals surface area contributed by atoms with Crippen LogP contribution in [0.15, 0.2) is 18.2 Å². The Labute approximate surface area is 105 Å². The van der Waals surface area contributed by atoms with Gasteiger partial charge in [0.25, 0.3) is 0 Å². The Bertz CT molecular complexity index is 373. The van der Waals surface area contributed by atoms with E-state index in [1.165, 1.54) is 0 Å². The predicted molar refractivity (Wildman–Crippen MR) is 65.4 cm³/mol. The molecule has 1 aromatic rings. The van der Waals surface area contributed by atoms with Gasteiger partial charge in [-0.2, -0.15) is 0 Å². The highest BCUT2D eigenvalue weighted by Crippen LogP contribution is 2.38. The van der Waals surface area contributed by atoms with E-state index in [0.717, 1.165) is 25.7 Å². The average Bonchev–Trinajstić information content (AvgIpc) is 2.74. The molecule has 0 heterocycles. The van der Waals surface area contributed by atoms with Gasteiger partial charge in [0.05, 0.1) is 11.6 Å². The molecule has 0 radical (unpaired) electrons. The summed E-state index contributed by atoms with van der Waals surface area (Å²) < 4.78 is 5.86. The van der Waals surface area contributed by atoms with Crippen molar-refractivity contribution in [3.63, 3.8) is 0 Å². The second-order valence-electron chi connectivity index (χ2n) is 4.20. The van der Waals surface area contributed by atoms with Crippen LogP contribution in [0, 0.1) is 0 Å². The van der Waals surface area contributed by atoms with Gasteiger partial charge >= 0.3 is 0 Å². The van der Waals surface area contributed by atoms with Crippen LogP contribution in [0.25, 0.3) is 0 Å². The molecule has 1 aromatic carbocycles. The smallest absolute Gasteiger partial charge is 0.140 e. The third kappa shape index (κ3) is 2.29. The number of hydrogen-bond donors (Lipinski definition) is 1. The zero-order chi connectivity index (χ0) is 11.6. The molecule has 0 bridgehead atoms. The molecule has 1 aliphatic rings. The quantitative estimate of drug-likeness (QED) is 0.899. The zero-order valence-electron chi connectivity index (χ0n) is 8.88. The van der Waals surface area contributed by atoms with Crippen LogP contribution in [-0.2, 0) is 0 Å². The van der Waals surface area contributed by atoms with Gasteiger partial charge < -0.3 is 9.84 Å². The molecule has 0 spiro atoms. The molecule has 16 heavy (non-hydrogen) atoms. The van der Waals surface area contributed by atoms with Gasteiger partial charge in [-0.15, -0.1) is 0 Å². The first-order chi connectivity index (χ1) is 7.67. The van der Waals surface area contributed by atoms with E-state index in [0.29, 0.717) is 15.8 Å². The number of benzene rings is 1. The Balaban J connectivity index is 2.22. The Morgan fingerprint density at radius 1 is 1.25 bits per heavy atom. The molecule has 1 N–H and O–H groups in total. The van der Waals surface area contributed by atoms with Crippen LogP contribution in [0.3, 0.4) is 0 Å². The van der Waals surface area contributed by atoms with Crippen LogP contribution in [-0.4, -0.2) is 17.3 Å². The van der Waals surface area contributed by atoms with E-state index in [9.17, 15) is 5.11 Å². The SMILES string of the molecule is OCC1(Oc2cccc(Cl)c2Cl)CCCC1. The minimum atomic E-state index is -0.464. The van der Waals surface area contributed by atoms with Crippen molar-refractivity contribution < 1.29 is 9.84 Å². The summed E-state index contributed by atoms with van der Waals surface area (Å²) in [7, 11) is 0. The van der Waals surface area contributed by atoms with Crippen molar-refractivity contribution in [2.75, 3.05) is 6.61 Å². The first-order valence-electron chi connectivity index (χ1n) is 5.41. The minimum Gasteiger partial charge on any atom is -0.483 e.